The van der Waals surface area contributed by atoms with Crippen molar-refractivity contribution in [1.82, 2.24) is 66.7 Å². The number of ether oxygens (including phenoxy) is 2. The van der Waals surface area contributed by atoms with Gasteiger partial charge in [-0.15, -0.1) is 0 Å². The van der Waals surface area contributed by atoms with E-state index in [9.17, 15) is 28.4 Å². The fourth-order valence-electron chi connectivity index (χ4n) is 17.5. The van der Waals surface area contributed by atoms with Gasteiger partial charge in [0.1, 0.15) is 17.9 Å². The van der Waals surface area contributed by atoms with Crippen LogP contribution in [-0.4, -0.2) is 132 Å². The molecule has 6 aromatic carbocycles. The lowest BCUT2D eigenvalue weighted by Gasteiger charge is -2.46. The highest BCUT2D eigenvalue weighted by Gasteiger charge is 2.38. The van der Waals surface area contributed by atoms with Crippen molar-refractivity contribution in [3.63, 3.8) is 0 Å². The number of hydrogen-bond donors (Lipinski definition) is 10. The first kappa shape index (κ1) is 87.6. The number of hydrogen-bond acceptors (Lipinski definition) is 17. The van der Waals surface area contributed by atoms with Crippen LogP contribution in [0.4, 0.5) is 20.2 Å². The van der Waals surface area contributed by atoms with E-state index in [1.54, 1.807) is 97.1 Å². The number of rotatable bonds is 26. The SMILES string of the molecule is CC1(C)CC(N)CC(C)(C)N1.CCc1nc2c(cnn2CC)c(NC2CCOCC2)c1CNC(=O)c1cccc(C(=O)NCc2ccc(F)c(-c3cccc(C=O)c3)c2)c1.CCc1nc2c(cnn2CC)c(NC2CCOCC2)c1CNC(=O)c1cccc(C(=O)NCc2ccc(F)c(-c3cccc(CNC4CC(C)(C)NC(C)(C)C4)c3)c2)c1. The molecule has 25 heteroatoms. The molecule has 4 aromatic heterocycles. The first-order valence-electron chi connectivity index (χ1n) is 42.1. The van der Waals surface area contributed by atoms with Crippen LogP contribution in [0.1, 0.15) is 225 Å². The maximum atomic E-state index is 15.3. The first-order chi connectivity index (χ1) is 57.0. The largest absolute Gasteiger partial charge is 0.381 e. The fraction of sp³-hybridized carbons (Fsp3) is 0.436. The molecule has 14 rings (SSSR count). The van der Waals surface area contributed by atoms with E-state index < -0.39 is 5.82 Å². The summed E-state index contributed by atoms with van der Waals surface area (Å²) in [5.41, 5.74) is 20.1. The number of pyridine rings is 2. The van der Waals surface area contributed by atoms with Gasteiger partial charge in [-0.25, -0.2) is 28.1 Å². The van der Waals surface area contributed by atoms with Gasteiger partial charge in [0.05, 0.1) is 34.5 Å². The average molecular weight is 1620 g/mol. The van der Waals surface area contributed by atoms with Crippen molar-refractivity contribution < 1.29 is 42.2 Å². The van der Waals surface area contributed by atoms with Crippen molar-refractivity contribution >= 4 is 63.4 Å². The fourth-order valence-corrected chi connectivity index (χ4v) is 17.5. The molecule has 4 amide bonds. The molecule has 0 atom stereocenters. The number of carbonyl (C=O) groups excluding carboxylic acids is 5. The summed E-state index contributed by atoms with van der Waals surface area (Å²) in [5, 5.41) is 41.5. The highest BCUT2D eigenvalue weighted by Crippen LogP contribution is 2.36. The second-order valence-electron chi connectivity index (χ2n) is 34.4. The predicted octanol–water partition coefficient (Wildman–Crippen LogP) is 15.0. The van der Waals surface area contributed by atoms with Gasteiger partial charge >= 0.3 is 0 Å². The zero-order valence-corrected chi connectivity index (χ0v) is 71.0. The Kier molecular flexibility index (Phi) is 28.7. The van der Waals surface area contributed by atoms with Crippen molar-refractivity contribution in [3.05, 3.63) is 225 Å². The van der Waals surface area contributed by atoms with E-state index in [1.807, 2.05) is 60.7 Å². The molecule has 4 aliphatic heterocycles. The van der Waals surface area contributed by atoms with Crippen molar-refractivity contribution in [2.24, 2.45) is 5.73 Å². The molecule has 119 heavy (non-hydrogen) atoms. The van der Waals surface area contributed by atoms with Crippen molar-refractivity contribution in [3.8, 4) is 22.3 Å². The number of fused-ring (bicyclic) bond motifs is 2. The summed E-state index contributed by atoms with van der Waals surface area (Å²) in [5.74, 6) is -2.08. The summed E-state index contributed by atoms with van der Waals surface area (Å²) in [6.07, 6.45) is 13.5. The average Bonchev–Trinajstić information content (AvgIpc) is 1.66. The molecule has 4 fully saturated rings. The van der Waals surface area contributed by atoms with E-state index in [-0.39, 0.29) is 89.9 Å². The zero-order chi connectivity index (χ0) is 84.8. The van der Waals surface area contributed by atoms with Crippen molar-refractivity contribution in [1.29, 1.82) is 0 Å². The lowest BCUT2D eigenvalue weighted by atomic mass is 9.79. The highest BCUT2D eigenvalue weighted by atomic mass is 19.1. The van der Waals surface area contributed by atoms with Gasteiger partial charge in [0.2, 0.25) is 0 Å². The van der Waals surface area contributed by atoms with E-state index in [4.69, 9.17) is 25.2 Å². The molecule has 11 N–H and O–H groups in total. The number of carbonyl (C=O) groups is 5. The number of piperidine rings is 2. The molecule has 23 nitrogen and oxygen atoms in total. The van der Waals surface area contributed by atoms with Gasteiger partial charge in [-0.3, -0.25) is 24.0 Å². The molecule has 0 unspecified atom stereocenters. The molecular formula is C94H118F2N16O7. The molecule has 10 aromatic rings. The number of nitrogens with one attached hydrogen (secondary N) is 9. The number of anilines is 2. The van der Waals surface area contributed by atoms with Gasteiger partial charge in [0.25, 0.3) is 23.6 Å². The van der Waals surface area contributed by atoms with E-state index >= 15 is 4.39 Å². The Bertz CT molecular complexity index is 5220. The number of halogens is 2. The smallest absolute Gasteiger partial charge is 0.251 e. The summed E-state index contributed by atoms with van der Waals surface area (Å²) >= 11 is 0. The lowest BCUT2D eigenvalue weighted by molar-refractivity contribution is 0.0903. The standard InChI is InChI=1S/C47H59FN8O3.C38H39FN6O4.C9H20N2/c1-7-41-38(42(53-35-17-19-59-20-18-35)39-29-52-56(8-2)43(39)54-41)28-51-45(58)34-14-10-13-33(23-34)44(57)50-27-31-15-16-40(48)37(22-31)32-12-9-11-30(21-32)26-49-36-24-46(3,4)55-47(5,6)25-36;1-3-34-31(35(43-29-13-15-49-16-14-29)32-22-42-45(4-2)36(32)44-34)21-41-38(48)28-10-6-9-27(19-28)37(47)40-20-24-11-12-33(39)30(18-24)26-8-5-7-25(17-26)23-46;1-8(2)5-7(10)6-9(3,4)11-8/h9-16,21-23,29,35-36,49,55H,7-8,17-20,24-28H2,1-6H3,(H,50,57)(H,51,58)(H,53,54);5-12,17-19,22-23,29H,3-4,13-16,20-21H2,1-2H3,(H,40,47)(H,41,48)(H,43,44);7,11H,5-6,10H2,1-4H3. The third kappa shape index (κ3) is 22.8. The summed E-state index contributed by atoms with van der Waals surface area (Å²) in [6, 6.07) is 38.6. The molecule has 0 saturated carbocycles. The molecule has 0 aliphatic carbocycles. The number of benzene rings is 6. The van der Waals surface area contributed by atoms with Gasteiger partial charge in [-0.2, -0.15) is 10.2 Å². The van der Waals surface area contributed by atoms with Gasteiger partial charge in [0.15, 0.2) is 11.3 Å². The Morgan fingerprint density at radius 2 is 0.866 bits per heavy atom. The number of nitrogens with two attached hydrogens (primary N) is 1. The second-order valence-corrected chi connectivity index (χ2v) is 34.4. The van der Waals surface area contributed by atoms with E-state index in [1.165, 1.54) is 12.1 Å². The van der Waals surface area contributed by atoms with Gasteiger partial charge in [0, 0.05) is 180 Å². The number of nitrogens with zero attached hydrogens (tertiary/aromatic N) is 6. The van der Waals surface area contributed by atoms with Crippen LogP contribution in [0.15, 0.2) is 146 Å². The minimum atomic E-state index is -0.430. The van der Waals surface area contributed by atoms with Crippen LogP contribution in [0.2, 0.25) is 0 Å². The molecule has 630 valence electrons. The number of aromatic nitrogens is 6. The van der Waals surface area contributed by atoms with E-state index in [2.05, 4.69) is 126 Å². The Balaban J connectivity index is 0.000000196. The number of aldehydes is 1. The highest BCUT2D eigenvalue weighted by molar-refractivity contribution is 6.01. The molecule has 0 radical (unpaired) electrons. The van der Waals surface area contributed by atoms with Crippen molar-refractivity contribution in [2.45, 2.75) is 239 Å². The molecule has 4 aliphatic rings. The third-order valence-electron chi connectivity index (χ3n) is 22.5. The summed E-state index contributed by atoms with van der Waals surface area (Å²) in [7, 11) is 0. The molecule has 8 heterocycles. The zero-order valence-electron chi connectivity index (χ0n) is 71.0. The third-order valence-corrected chi connectivity index (χ3v) is 22.5. The van der Waals surface area contributed by atoms with Crippen LogP contribution < -0.4 is 53.6 Å². The lowest BCUT2D eigenvalue weighted by Crippen LogP contribution is -2.61. The molecule has 4 saturated heterocycles. The Morgan fingerprint density at radius 1 is 0.479 bits per heavy atom. The van der Waals surface area contributed by atoms with E-state index in [0.29, 0.717) is 127 Å². The topological polar surface area (TPSA) is 300 Å². The summed E-state index contributed by atoms with van der Waals surface area (Å²) in [6.45, 7) is 31.7. The van der Waals surface area contributed by atoms with Crippen LogP contribution in [0.5, 0.6) is 0 Å². The summed E-state index contributed by atoms with van der Waals surface area (Å²) in [4.78, 5) is 74.8. The van der Waals surface area contributed by atoms with Gasteiger partial charge < -0.3 is 63.1 Å². The molecule has 0 spiro atoms. The van der Waals surface area contributed by atoms with Crippen LogP contribution >= 0.6 is 0 Å². The van der Waals surface area contributed by atoms with Crippen molar-refractivity contribution in [2.75, 3.05) is 37.1 Å². The van der Waals surface area contributed by atoms with Crippen LogP contribution in [0.25, 0.3) is 44.3 Å². The van der Waals surface area contributed by atoms with Crippen LogP contribution in [0.3, 0.4) is 0 Å². The summed E-state index contributed by atoms with van der Waals surface area (Å²) < 4.78 is 44.9. The molecular weight excluding hydrogens is 1500 g/mol. The number of amides is 4. The van der Waals surface area contributed by atoms with Gasteiger partial charge in [-0.05, 0) is 234 Å². The Hall–Kier alpha value is -10.7. The Morgan fingerprint density at radius 3 is 1.27 bits per heavy atom. The predicted molar refractivity (Wildman–Crippen MR) is 466 cm³/mol. The van der Waals surface area contributed by atoms with Crippen LogP contribution in [-0.2, 0) is 68.1 Å². The maximum Gasteiger partial charge on any atom is 0.251 e. The quantitative estimate of drug-likeness (QED) is 0.0225. The maximum absolute atomic E-state index is 15.3. The Labute approximate surface area is 697 Å². The monoisotopic (exact) mass is 1620 g/mol. The minimum absolute atomic E-state index is 0.0408. The first-order valence-corrected chi connectivity index (χ1v) is 42.1. The minimum Gasteiger partial charge on any atom is -0.381 e. The normalized spacial score (nSPS) is 16.6. The molecule has 0 bridgehead atoms. The second kappa shape index (κ2) is 39.0. The van der Waals surface area contributed by atoms with Gasteiger partial charge in [-0.1, -0.05) is 74.5 Å². The number of aryl methyl sites for hydroxylation is 4. The van der Waals surface area contributed by atoms with E-state index in [0.717, 1.165) is 124 Å². The van der Waals surface area contributed by atoms with Crippen LogP contribution in [0, 0.1) is 11.6 Å².